The number of halogens is 3. The first-order valence-corrected chi connectivity index (χ1v) is 6.87. The molecule has 21 heavy (non-hydrogen) atoms. The summed E-state index contributed by atoms with van der Waals surface area (Å²) in [4.78, 5) is 12.1. The van der Waals surface area contributed by atoms with Crippen molar-refractivity contribution in [1.29, 1.82) is 0 Å². The Kier molecular flexibility index (Phi) is 5.03. The third-order valence-corrected chi connectivity index (χ3v) is 3.49. The average Bonchev–Trinajstić information content (AvgIpc) is 2.82. The van der Waals surface area contributed by atoms with Crippen LogP contribution in [0.15, 0.2) is 35.4 Å². The van der Waals surface area contributed by atoms with Crippen molar-refractivity contribution in [1.82, 2.24) is 9.94 Å². The standard InChI is InChI=1S/C12H9ClF2N2O3S/c13-11(18)7-2-1-3-9(21-12(14)15)8(7)6-20-10-4-5-17(19)16-10/h1-5,12,19H,6H2. The van der Waals surface area contributed by atoms with E-state index < -0.39 is 11.0 Å². The van der Waals surface area contributed by atoms with Gasteiger partial charge in [0.05, 0.1) is 6.20 Å². The molecule has 9 heteroatoms. The van der Waals surface area contributed by atoms with Crippen LogP contribution >= 0.6 is 23.4 Å². The lowest BCUT2D eigenvalue weighted by Crippen LogP contribution is -2.05. The first-order chi connectivity index (χ1) is 9.97. The van der Waals surface area contributed by atoms with Gasteiger partial charge in [-0.3, -0.25) is 4.79 Å². The third-order valence-electron chi connectivity index (χ3n) is 2.48. The van der Waals surface area contributed by atoms with Crippen molar-refractivity contribution in [3.05, 3.63) is 41.6 Å². The highest BCUT2D eigenvalue weighted by atomic mass is 35.5. The zero-order valence-electron chi connectivity index (χ0n) is 10.4. The lowest BCUT2D eigenvalue weighted by atomic mass is 10.1. The van der Waals surface area contributed by atoms with E-state index in [1.165, 1.54) is 30.5 Å². The van der Waals surface area contributed by atoms with Crippen molar-refractivity contribution in [2.24, 2.45) is 0 Å². The van der Waals surface area contributed by atoms with Crippen molar-refractivity contribution < 1.29 is 23.5 Å². The van der Waals surface area contributed by atoms with Crippen molar-refractivity contribution in [3.8, 4) is 5.88 Å². The predicted octanol–water partition coefficient (Wildman–Crippen LogP) is 3.39. The molecule has 0 bridgehead atoms. The van der Waals surface area contributed by atoms with Gasteiger partial charge in [-0.15, -0.1) is 4.85 Å². The molecular formula is C12H9ClF2N2O3S. The molecule has 1 N–H and O–H groups in total. The van der Waals surface area contributed by atoms with Crippen LogP contribution in [0.2, 0.25) is 0 Å². The number of alkyl halides is 2. The smallest absolute Gasteiger partial charge is 0.288 e. The number of aromatic nitrogens is 2. The monoisotopic (exact) mass is 334 g/mol. The Morgan fingerprint density at radius 3 is 2.81 bits per heavy atom. The van der Waals surface area contributed by atoms with Gasteiger partial charge >= 0.3 is 0 Å². The van der Waals surface area contributed by atoms with Gasteiger partial charge < -0.3 is 9.94 Å². The number of nitrogens with zero attached hydrogens (tertiary/aromatic N) is 2. The Balaban J connectivity index is 2.27. The number of ether oxygens (including phenoxy) is 1. The summed E-state index contributed by atoms with van der Waals surface area (Å²) in [5.41, 5.74) is 0.334. The molecule has 1 aromatic carbocycles. The van der Waals surface area contributed by atoms with E-state index in [9.17, 15) is 13.6 Å². The van der Waals surface area contributed by atoms with Gasteiger partial charge in [0.1, 0.15) is 6.61 Å². The molecule has 1 aromatic heterocycles. The number of hydrogen-bond acceptors (Lipinski definition) is 5. The second-order valence-electron chi connectivity index (χ2n) is 3.80. The van der Waals surface area contributed by atoms with Gasteiger partial charge in [-0.05, 0) is 23.7 Å². The van der Waals surface area contributed by atoms with Crippen LogP contribution in [0.25, 0.3) is 0 Å². The lowest BCUT2D eigenvalue weighted by molar-refractivity contribution is 0.107. The van der Waals surface area contributed by atoms with E-state index in [2.05, 4.69) is 5.10 Å². The Morgan fingerprint density at radius 2 is 2.24 bits per heavy atom. The van der Waals surface area contributed by atoms with Crippen LogP contribution in [-0.2, 0) is 6.61 Å². The zero-order valence-corrected chi connectivity index (χ0v) is 11.9. The summed E-state index contributed by atoms with van der Waals surface area (Å²) in [5, 5.41) is 11.8. The van der Waals surface area contributed by atoms with Gasteiger partial charge in [-0.25, -0.2) is 0 Å². The minimum atomic E-state index is -2.64. The number of benzene rings is 1. The normalized spacial score (nSPS) is 10.9. The summed E-state index contributed by atoms with van der Waals surface area (Å²) in [6.45, 7) is -0.180. The van der Waals surface area contributed by atoms with Crippen LogP contribution in [0.1, 0.15) is 15.9 Å². The van der Waals surface area contributed by atoms with E-state index >= 15 is 0 Å². The molecule has 5 nitrogen and oxygen atoms in total. The summed E-state index contributed by atoms with van der Waals surface area (Å²) >= 11 is 5.75. The van der Waals surface area contributed by atoms with Gasteiger partial charge in [0.2, 0.25) is 5.88 Å². The Hall–Kier alpha value is -1.80. The van der Waals surface area contributed by atoms with Gasteiger partial charge in [0, 0.05) is 22.1 Å². The van der Waals surface area contributed by atoms with Crippen LogP contribution in [0, 0.1) is 0 Å². The largest absolute Gasteiger partial charge is 0.472 e. The molecule has 0 amide bonds. The minimum absolute atomic E-state index is 0.0855. The Morgan fingerprint density at radius 1 is 1.48 bits per heavy atom. The maximum Gasteiger partial charge on any atom is 0.288 e. The molecule has 0 atom stereocenters. The number of hydrogen-bond donors (Lipinski definition) is 1. The van der Waals surface area contributed by atoms with E-state index in [0.29, 0.717) is 16.6 Å². The fourth-order valence-corrected chi connectivity index (χ4v) is 2.46. The quantitative estimate of drug-likeness (QED) is 0.498. The maximum absolute atomic E-state index is 12.6. The number of rotatable bonds is 6. The molecular weight excluding hydrogens is 326 g/mol. The number of carbonyl (C=O) groups excluding carboxylic acids is 1. The second kappa shape index (κ2) is 6.77. The molecule has 0 spiro atoms. The molecule has 0 aliphatic carbocycles. The van der Waals surface area contributed by atoms with Gasteiger partial charge in [-0.1, -0.05) is 22.9 Å². The SMILES string of the molecule is O=C(Cl)c1cccc(SC(F)F)c1COc1ccn(O)n1. The minimum Gasteiger partial charge on any atom is -0.472 e. The van der Waals surface area contributed by atoms with Crippen LogP contribution < -0.4 is 4.74 Å². The summed E-state index contributed by atoms with van der Waals surface area (Å²) in [5.74, 6) is -2.55. The van der Waals surface area contributed by atoms with Crippen molar-refractivity contribution in [2.45, 2.75) is 17.3 Å². The molecule has 2 aromatic rings. The highest BCUT2D eigenvalue weighted by Crippen LogP contribution is 2.31. The molecule has 112 valence electrons. The molecule has 0 saturated heterocycles. The second-order valence-corrected chi connectivity index (χ2v) is 5.17. The van der Waals surface area contributed by atoms with Gasteiger partial charge in [0.25, 0.3) is 11.0 Å². The predicted molar refractivity (Wildman–Crippen MR) is 72.2 cm³/mol. The average molecular weight is 335 g/mol. The topological polar surface area (TPSA) is 64.3 Å². The zero-order chi connectivity index (χ0) is 15.4. The van der Waals surface area contributed by atoms with Gasteiger partial charge in [-0.2, -0.15) is 8.78 Å². The lowest BCUT2D eigenvalue weighted by Gasteiger charge is -2.12. The summed E-state index contributed by atoms with van der Waals surface area (Å²) in [6.07, 6.45) is 1.24. The fourth-order valence-electron chi connectivity index (χ4n) is 1.63. The van der Waals surface area contributed by atoms with Crippen LogP contribution in [0.3, 0.4) is 0 Å². The highest BCUT2D eigenvalue weighted by molar-refractivity contribution is 7.99. The molecule has 0 aliphatic rings. The van der Waals surface area contributed by atoms with Crippen LogP contribution in [-0.4, -0.2) is 26.2 Å². The third kappa shape index (κ3) is 4.08. The first kappa shape index (κ1) is 15.6. The molecule has 0 fully saturated rings. The Bertz CT molecular complexity index is 651. The summed E-state index contributed by atoms with van der Waals surface area (Å²) in [6, 6.07) is 5.72. The van der Waals surface area contributed by atoms with E-state index in [1.807, 2.05) is 0 Å². The molecule has 0 unspecified atom stereocenters. The summed E-state index contributed by atoms with van der Waals surface area (Å²) in [7, 11) is 0. The Labute approximate surface area is 127 Å². The van der Waals surface area contributed by atoms with E-state index in [1.54, 1.807) is 0 Å². The van der Waals surface area contributed by atoms with Gasteiger partial charge in [0.15, 0.2) is 0 Å². The molecule has 0 saturated carbocycles. The highest BCUT2D eigenvalue weighted by Gasteiger charge is 2.17. The van der Waals surface area contributed by atoms with E-state index in [-0.39, 0.29) is 28.5 Å². The van der Waals surface area contributed by atoms with Crippen LogP contribution in [0.4, 0.5) is 8.78 Å². The maximum atomic E-state index is 12.6. The van der Waals surface area contributed by atoms with Crippen molar-refractivity contribution in [2.75, 3.05) is 0 Å². The molecule has 0 aliphatic heterocycles. The van der Waals surface area contributed by atoms with E-state index in [0.717, 1.165) is 0 Å². The number of thioether (sulfide) groups is 1. The first-order valence-electron chi connectivity index (χ1n) is 5.61. The number of carbonyl (C=O) groups is 1. The van der Waals surface area contributed by atoms with Crippen molar-refractivity contribution >= 4 is 28.6 Å². The fraction of sp³-hybridized carbons (Fsp3) is 0.167. The molecule has 2 rings (SSSR count). The van der Waals surface area contributed by atoms with Crippen LogP contribution in [0.5, 0.6) is 5.88 Å². The molecule has 1 heterocycles. The van der Waals surface area contributed by atoms with Crippen molar-refractivity contribution in [3.63, 3.8) is 0 Å². The molecule has 0 radical (unpaired) electrons. The van der Waals surface area contributed by atoms with E-state index in [4.69, 9.17) is 21.5 Å². The summed E-state index contributed by atoms with van der Waals surface area (Å²) < 4.78 is 30.4.